The Morgan fingerprint density at radius 1 is 0.933 bits per heavy atom. The normalized spacial score (nSPS) is 11.0. The van der Waals surface area contributed by atoms with Crippen molar-refractivity contribution in [2.75, 3.05) is 33.9 Å². The third-order valence-electron chi connectivity index (χ3n) is 4.56. The van der Waals surface area contributed by atoms with Gasteiger partial charge in [-0.1, -0.05) is 35.3 Å². The number of pyridine rings is 1. The van der Waals surface area contributed by atoms with Gasteiger partial charge in [-0.25, -0.2) is 0 Å². The average molecular weight is 445 g/mol. The molecule has 0 spiro atoms. The van der Waals surface area contributed by atoms with Crippen LogP contribution in [0.5, 0.6) is 11.5 Å². The van der Waals surface area contributed by atoms with E-state index in [0.29, 0.717) is 29.0 Å². The smallest absolute Gasteiger partial charge is 0.138 e. The summed E-state index contributed by atoms with van der Waals surface area (Å²) in [7, 11) is 4.09. The zero-order chi connectivity index (χ0) is 21.5. The van der Waals surface area contributed by atoms with Crippen LogP contribution in [0.2, 0.25) is 10.0 Å². The molecule has 0 amide bonds. The van der Waals surface area contributed by atoms with Crippen LogP contribution in [0.1, 0.15) is 13.3 Å². The van der Waals surface area contributed by atoms with E-state index in [4.69, 9.17) is 32.7 Å². The molecule has 0 fully saturated rings. The van der Waals surface area contributed by atoms with Crippen molar-refractivity contribution >= 4 is 23.2 Å². The van der Waals surface area contributed by atoms with Crippen molar-refractivity contribution in [3.8, 4) is 33.9 Å². The molecule has 2 aromatic carbocycles. The van der Waals surface area contributed by atoms with Crippen LogP contribution in [0.4, 0.5) is 0 Å². The van der Waals surface area contributed by atoms with E-state index in [0.717, 1.165) is 41.1 Å². The van der Waals surface area contributed by atoms with Crippen molar-refractivity contribution in [2.45, 2.75) is 13.3 Å². The van der Waals surface area contributed by atoms with Crippen LogP contribution in [-0.4, -0.2) is 43.7 Å². The van der Waals surface area contributed by atoms with Gasteiger partial charge in [-0.15, -0.1) is 0 Å². The molecule has 0 saturated carbocycles. The van der Waals surface area contributed by atoms with Gasteiger partial charge in [0.1, 0.15) is 11.5 Å². The fourth-order valence-electron chi connectivity index (χ4n) is 3.14. The molecule has 3 rings (SSSR count). The second kappa shape index (κ2) is 10.7. The van der Waals surface area contributed by atoms with E-state index in [1.165, 1.54) is 0 Å². The summed E-state index contributed by atoms with van der Waals surface area (Å²) in [5.41, 5.74) is 3.51. The Morgan fingerprint density at radius 3 is 2.50 bits per heavy atom. The van der Waals surface area contributed by atoms with Gasteiger partial charge in [0.05, 0.1) is 23.9 Å². The summed E-state index contributed by atoms with van der Waals surface area (Å²) < 4.78 is 11.6. The first kappa shape index (κ1) is 22.4. The Morgan fingerprint density at radius 2 is 1.73 bits per heavy atom. The van der Waals surface area contributed by atoms with Gasteiger partial charge in [-0.2, -0.15) is 0 Å². The molecular weight excluding hydrogens is 419 g/mol. The maximum atomic E-state index is 6.52. The number of halogens is 2. The van der Waals surface area contributed by atoms with Gasteiger partial charge < -0.3 is 14.4 Å². The lowest BCUT2D eigenvalue weighted by Crippen LogP contribution is -2.15. The minimum absolute atomic E-state index is 0.581. The highest BCUT2D eigenvalue weighted by Crippen LogP contribution is 2.38. The predicted molar refractivity (Wildman–Crippen MR) is 125 cm³/mol. The molecule has 0 aliphatic carbocycles. The molecule has 158 valence electrons. The Labute approximate surface area is 188 Å². The summed E-state index contributed by atoms with van der Waals surface area (Å²) in [4.78, 5) is 6.75. The molecular formula is C24H26Cl2N2O2. The monoisotopic (exact) mass is 444 g/mol. The third kappa shape index (κ3) is 5.66. The van der Waals surface area contributed by atoms with Gasteiger partial charge in [-0.05, 0) is 63.8 Å². The molecule has 0 unspecified atom stereocenters. The molecule has 0 atom stereocenters. The topological polar surface area (TPSA) is 34.6 Å². The first-order valence-corrected chi connectivity index (χ1v) is 10.7. The fraction of sp³-hybridized carbons (Fsp3) is 0.292. The number of rotatable bonds is 9. The van der Waals surface area contributed by atoms with Crippen LogP contribution in [0.15, 0.2) is 54.7 Å². The van der Waals surface area contributed by atoms with E-state index >= 15 is 0 Å². The zero-order valence-electron chi connectivity index (χ0n) is 17.5. The highest BCUT2D eigenvalue weighted by atomic mass is 35.5. The van der Waals surface area contributed by atoms with Crippen molar-refractivity contribution in [3.63, 3.8) is 0 Å². The summed E-state index contributed by atoms with van der Waals surface area (Å²) >= 11 is 12.9. The summed E-state index contributed by atoms with van der Waals surface area (Å²) in [5, 5.41) is 1.22. The highest BCUT2D eigenvalue weighted by molar-refractivity contribution is 6.33. The summed E-state index contributed by atoms with van der Waals surface area (Å²) in [6.07, 6.45) is 2.69. The number of hydrogen-bond acceptors (Lipinski definition) is 4. The lowest BCUT2D eigenvalue weighted by Gasteiger charge is -2.15. The number of hydrogen-bond donors (Lipinski definition) is 0. The van der Waals surface area contributed by atoms with Crippen molar-refractivity contribution in [2.24, 2.45) is 0 Å². The van der Waals surface area contributed by atoms with Gasteiger partial charge in [0.15, 0.2) is 0 Å². The third-order valence-corrected chi connectivity index (χ3v) is 5.20. The highest BCUT2D eigenvalue weighted by Gasteiger charge is 2.14. The molecule has 0 aliphatic heterocycles. The number of benzene rings is 2. The molecule has 30 heavy (non-hydrogen) atoms. The minimum Gasteiger partial charge on any atom is -0.494 e. The van der Waals surface area contributed by atoms with E-state index in [9.17, 15) is 0 Å². The largest absolute Gasteiger partial charge is 0.494 e. The Hall–Kier alpha value is -2.27. The van der Waals surface area contributed by atoms with Gasteiger partial charge >= 0.3 is 0 Å². The van der Waals surface area contributed by atoms with Crippen LogP contribution in [0, 0.1) is 0 Å². The van der Waals surface area contributed by atoms with Crippen molar-refractivity contribution in [1.82, 2.24) is 9.88 Å². The molecule has 1 heterocycles. The quantitative estimate of drug-likeness (QED) is 0.355. The summed E-state index contributed by atoms with van der Waals surface area (Å²) in [6.45, 7) is 4.10. The number of ether oxygens (including phenoxy) is 2. The summed E-state index contributed by atoms with van der Waals surface area (Å²) in [5.74, 6) is 1.42. The minimum atomic E-state index is 0.581. The lowest BCUT2D eigenvalue weighted by molar-refractivity contribution is 0.282. The maximum absolute atomic E-state index is 6.52. The van der Waals surface area contributed by atoms with Gasteiger partial charge in [0.2, 0.25) is 0 Å². The first-order valence-electron chi connectivity index (χ1n) is 9.94. The van der Waals surface area contributed by atoms with Crippen LogP contribution in [0.25, 0.3) is 22.4 Å². The van der Waals surface area contributed by atoms with Crippen LogP contribution < -0.4 is 9.47 Å². The van der Waals surface area contributed by atoms with Gasteiger partial charge in [0.25, 0.3) is 0 Å². The molecule has 0 bridgehead atoms. The molecule has 1 aromatic heterocycles. The van der Waals surface area contributed by atoms with E-state index in [1.54, 1.807) is 6.20 Å². The van der Waals surface area contributed by atoms with E-state index in [1.807, 2.05) is 69.6 Å². The van der Waals surface area contributed by atoms with E-state index < -0.39 is 0 Å². The second-order valence-corrected chi connectivity index (χ2v) is 7.94. The number of nitrogens with zero attached hydrogens (tertiary/aromatic N) is 2. The molecule has 4 nitrogen and oxygen atoms in total. The van der Waals surface area contributed by atoms with Crippen LogP contribution >= 0.6 is 23.2 Å². The van der Waals surface area contributed by atoms with Gasteiger partial charge in [-0.3, -0.25) is 4.98 Å². The average Bonchev–Trinajstić information content (AvgIpc) is 2.74. The molecule has 0 N–H and O–H groups in total. The Kier molecular flexibility index (Phi) is 7.97. The van der Waals surface area contributed by atoms with Crippen LogP contribution in [-0.2, 0) is 0 Å². The molecule has 0 aliphatic rings. The molecule has 3 aromatic rings. The van der Waals surface area contributed by atoms with Crippen molar-refractivity contribution in [1.29, 1.82) is 0 Å². The first-order chi connectivity index (χ1) is 14.5. The number of aromatic nitrogens is 1. The molecule has 0 saturated heterocycles. The fourth-order valence-corrected chi connectivity index (χ4v) is 3.54. The van der Waals surface area contributed by atoms with Crippen molar-refractivity contribution in [3.05, 3.63) is 64.8 Å². The lowest BCUT2D eigenvalue weighted by atomic mass is 9.99. The zero-order valence-corrected chi connectivity index (χ0v) is 19.0. The van der Waals surface area contributed by atoms with Gasteiger partial charge in [0, 0.05) is 34.5 Å². The summed E-state index contributed by atoms with van der Waals surface area (Å²) in [6, 6.07) is 15.3. The molecule has 6 heteroatoms. The standard InChI is InChI=1S/C24H26Cl2N2O2/c1-4-29-18-9-11-21(25)20(16-18)19-7-5-12-27-24(19)17-8-10-22(26)23(15-17)30-14-6-13-28(2)3/h5,7-12,15-16H,4,6,13-14H2,1-3H3. The maximum Gasteiger partial charge on any atom is 0.138 e. The molecule has 0 radical (unpaired) electrons. The van der Waals surface area contributed by atoms with Crippen LogP contribution in [0.3, 0.4) is 0 Å². The second-order valence-electron chi connectivity index (χ2n) is 7.12. The van der Waals surface area contributed by atoms with E-state index in [2.05, 4.69) is 9.88 Å². The Bertz CT molecular complexity index is 993. The SMILES string of the molecule is CCOc1ccc(Cl)c(-c2cccnc2-c2ccc(Cl)c(OCCCN(C)C)c2)c1. The van der Waals surface area contributed by atoms with E-state index in [-0.39, 0.29) is 0 Å². The predicted octanol–water partition coefficient (Wildman–Crippen LogP) is 6.45. The Balaban J connectivity index is 1.94. The van der Waals surface area contributed by atoms with Crippen molar-refractivity contribution < 1.29 is 9.47 Å².